The molecule has 4 rings (SSSR count). The van der Waals surface area contributed by atoms with E-state index >= 15 is 0 Å². The van der Waals surface area contributed by atoms with Crippen molar-refractivity contribution in [2.24, 2.45) is 0 Å². The van der Waals surface area contributed by atoms with Gasteiger partial charge < -0.3 is 5.32 Å². The normalized spacial score (nSPS) is 16.0. The van der Waals surface area contributed by atoms with Gasteiger partial charge in [0.15, 0.2) is 5.78 Å². The first-order chi connectivity index (χ1) is 12.9. The highest BCUT2D eigenvalue weighted by molar-refractivity contribution is 6.30. The van der Waals surface area contributed by atoms with E-state index in [0.717, 1.165) is 22.5 Å². The molecule has 2 aromatic carbocycles. The Balaban J connectivity index is 1.80. The smallest absolute Gasteiger partial charge is 0.226 e. The summed E-state index contributed by atoms with van der Waals surface area (Å²) in [5, 5.41) is 8.08. The van der Waals surface area contributed by atoms with Crippen molar-refractivity contribution in [3.8, 4) is 5.69 Å². The first-order valence-corrected chi connectivity index (χ1v) is 9.08. The van der Waals surface area contributed by atoms with Crippen LogP contribution in [0.5, 0.6) is 0 Å². The van der Waals surface area contributed by atoms with Gasteiger partial charge in [-0.15, -0.1) is 0 Å². The molecular weight excluding hydrogens is 362 g/mol. The van der Waals surface area contributed by atoms with E-state index in [1.165, 1.54) is 0 Å². The Morgan fingerprint density at radius 2 is 1.78 bits per heavy atom. The highest BCUT2D eigenvalue weighted by atomic mass is 35.5. The minimum atomic E-state index is -0.544. The van der Waals surface area contributed by atoms with Gasteiger partial charge in [0.1, 0.15) is 5.82 Å². The molecule has 2 heterocycles. The highest BCUT2D eigenvalue weighted by Crippen LogP contribution is 2.38. The summed E-state index contributed by atoms with van der Waals surface area (Å²) >= 11 is 5.97. The lowest BCUT2D eigenvalue weighted by Crippen LogP contribution is -2.28. The van der Waals surface area contributed by atoms with E-state index in [2.05, 4.69) is 10.4 Å². The van der Waals surface area contributed by atoms with Crippen molar-refractivity contribution in [1.29, 1.82) is 0 Å². The molecule has 0 bridgehead atoms. The van der Waals surface area contributed by atoms with Gasteiger partial charge in [0.05, 0.1) is 17.3 Å². The Morgan fingerprint density at radius 1 is 1.11 bits per heavy atom. The summed E-state index contributed by atoms with van der Waals surface area (Å²) in [5.41, 5.74) is 3.96. The predicted molar refractivity (Wildman–Crippen MR) is 105 cm³/mol. The first-order valence-electron chi connectivity index (χ1n) is 8.70. The highest BCUT2D eigenvalue weighted by Gasteiger charge is 2.36. The zero-order valence-electron chi connectivity index (χ0n) is 15.0. The van der Waals surface area contributed by atoms with Gasteiger partial charge in [-0.25, -0.2) is 4.68 Å². The van der Waals surface area contributed by atoms with E-state index < -0.39 is 5.92 Å². The van der Waals surface area contributed by atoms with Crippen LogP contribution in [0.15, 0.2) is 48.5 Å². The van der Waals surface area contributed by atoms with Crippen molar-refractivity contribution >= 4 is 29.1 Å². The molecule has 0 radical (unpaired) electrons. The maximum atomic E-state index is 13.1. The van der Waals surface area contributed by atoms with Gasteiger partial charge >= 0.3 is 0 Å². The molecular formula is C21H18ClN3O2. The SMILES string of the molecule is Cc1ccc(C(=O)[C@H]2CC(=O)Nc3c2c(C)nn3-c2ccc(Cl)cc2)cc1. The fourth-order valence-electron chi connectivity index (χ4n) is 3.46. The number of aryl methyl sites for hydroxylation is 2. The molecule has 1 aromatic heterocycles. The number of fused-ring (bicyclic) bond motifs is 1. The van der Waals surface area contributed by atoms with Gasteiger partial charge in [-0.3, -0.25) is 9.59 Å². The van der Waals surface area contributed by atoms with Crippen molar-refractivity contribution in [2.75, 3.05) is 5.32 Å². The predicted octanol–water partition coefficient (Wildman–Crippen LogP) is 4.45. The topological polar surface area (TPSA) is 64.0 Å². The van der Waals surface area contributed by atoms with E-state index in [1.807, 2.05) is 50.2 Å². The number of hydrogen-bond donors (Lipinski definition) is 1. The third-order valence-corrected chi connectivity index (χ3v) is 5.08. The molecule has 0 saturated carbocycles. The number of rotatable bonds is 3. The Labute approximate surface area is 162 Å². The minimum Gasteiger partial charge on any atom is -0.310 e. The number of ketones is 1. The number of anilines is 1. The molecule has 3 aromatic rings. The van der Waals surface area contributed by atoms with E-state index in [9.17, 15) is 9.59 Å². The van der Waals surface area contributed by atoms with Crippen molar-refractivity contribution in [1.82, 2.24) is 9.78 Å². The van der Waals surface area contributed by atoms with Gasteiger partial charge in [0.25, 0.3) is 0 Å². The lowest BCUT2D eigenvalue weighted by Gasteiger charge is -2.23. The number of Topliss-reactive ketones (excluding diaryl/α,β-unsaturated/α-hetero) is 1. The number of nitrogens with one attached hydrogen (secondary N) is 1. The lowest BCUT2D eigenvalue weighted by atomic mass is 9.85. The second-order valence-electron chi connectivity index (χ2n) is 6.77. The van der Waals surface area contributed by atoms with Crippen molar-refractivity contribution in [3.05, 3.63) is 75.9 Å². The van der Waals surface area contributed by atoms with Gasteiger partial charge in [-0.1, -0.05) is 41.4 Å². The minimum absolute atomic E-state index is 0.0649. The number of carbonyl (C=O) groups excluding carboxylic acids is 2. The van der Waals surface area contributed by atoms with Crippen LogP contribution in [0.3, 0.4) is 0 Å². The molecule has 0 aliphatic carbocycles. The molecule has 136 valence electrons. The van der Waals surface area contributed by atoms with Crippen LogP contribution in [0.1, 0.15) is 39.5 Å². The number of carbonyl (C=O) groups is 2. The van der Waals surface area contributed by atoms with Crippen LogP contribution in [0, 0.1) is 13.8 Å². The van der Waals surface area contributed by atoms with E-state index in [1.54, 1.807) is 16.8 Å². The van der Waals surface area contributed by atoms with E-state index in [0.29, 0.717) is 16.4 Å². The number of benzene rings is 2. The number of nitrogens with zero attached hydrogens (tertiary/aromatic N) is 2. The van der Waals surface area contributed by atoms with Gasteiger partial charge in [-0.2, -0.15) is 5.10 Å². The Kier molecular flexibility index (Phi) is 4.32. The molecule has 1 N–H and O–H groups in total. The Morgan fingerprint density at radius 3 is 2.44 bits per heavy atom. The monoisotopic (exact) mass is 379 g/mol. The number of amides is 1. The number of hydrogen-bond acceptors (Lipinski definition) is 3. The average Bonchev–Trinajstić information content (AvgIpc) is 2.98. The summed E-state index contributed by atoms with van der Waals surface area (Å²) in [6.07, 6.45) is 0.118. The summed E-state index contributed by atoms with van der Waals surface area (Å²) < 4.78 is 1.66. The summed E-state index contributed by atoms with van der Waals surface area (Å²) in [4.78, 5) is 25.5. The molecule has 5 nitrogen and oxygen atoms in total. The maximum Gasteiger partial charge on any atom is 0.226 e. The van der Waals surface area contributed by atoms with Crippen molar-refractivity contribution < 1.29 is 9.59 Å². The molecule has 0 saturated heterocycles. The number of halogens is 1. The molecule has 6 heteroatoms. The number of aromatic nitrogens is 2. The fourth-order valence-corrected chi connectivity index (χ4v) is 3.59. The molecule has 0 spiro atoms. The second kappa shape index (κ2) is 6.67. The van der Waals surface area contributed by atoms with Gasteiger partial charge in [0.2, 0.25) is 5.91 Å². The van der Waals surface area contributed by atoms with Crippen LogP contribution in [0.2, 0.25) is 5.02 Å². The maximum absolute atomic E-state index is 13.1. The van der Waals surface area contributed by atoms with Gasteiger partial charge in [-0.05, 0) is 38.1 Å². The van der Waals surface area contributed by atoms with Crippen LogP contribution in [-0.4, -0.2) is 21.5 Å². The van der Waals surface area contributed by atoms with Gasteiger partial charge in [0, 0.05) is 22.6 Å². The van der Waals surface area contributed by atoms with Crippen LogP contribution < -0.4 is 5.32 Å². The van der Waals surface area contributed by atoms with Crippen molar-refractivity contribution in [2.45, 2.75) is 26.2 Å². The third kappa shape index (κ3) is 3.15. The van der Waals surface area contributed by atoms with E-state index in [-0.39, 0.29) is 18.1 Å². The van der Waals surface area contributed by atoms with Crippen molar-refractivity contribution in [3.63, 3.8) is 0 Å². The Hall–Kier alpha value is -2.92. The summed E-state index contributed by atoms with van der Waals surface area (Å²) in [6.45, 7) is 3.83. The summed E-state index contributed by atoms with van der Waals surface area (Å²) in [7, 11) is 0. The quantitative estimate of drug-likeness (QED) is 0.684. The molecule has 1 aliphatic rings. The van der Waals surface area contributed by atoms with Crippen LogP contribution in [-0.2, 0) is 4.79 Å². The van der Waals surface area contributed by atoms with Crippen LogP contribution >= 0.6 is 11.6 Å². The Bertz CT molecular complexity index is 1040. The van der Waals surface area contributed by atoms with Crippen LogP contribution in [0.4, 0.5) is 5.82 Å². The van der Waals surface area contributed by atoms with E-state index in [4.69, 9.17) is 11.6 Å². The first kappa shape index (κ1) is 17.5. The molecule has 0 unspecified atom stereocenters. The molecule has 0 fully saturated rings. The largest absolute Gasteiger partial charge is 0.310 e. The lowest BCUT2D eigenvalue weighted by molar-refractivity contribution is -0.116. The standard InChI is InChI=1S/C21H18ClN3O2/c1-12-3-5-14(6-4-12)20(27)17-11-18(26)23-21-19(17)13(2)24-25(21)16-9-7-15(22)8-10-16/h3-10,17H,11H2,1-2H3,(H,23,26)/t17-/m0/s1. The zero-order valence-corrected chi connectivity index (χ0v) is 15.7. The summed E-state index contributed by atoms with van der Waals surface area (Å²) in [5.74, 6) is -0.248. The average molecular weight is 380 g/mol. The second-order valence-corrected chi connectivity index (χ2v) is 7.21. The molecule has 27 heavy (non-hydrogen) atoms. The molecule has 1 aliphatic heterocycles. The summed E-state index contributed by atoms with van der Waals surface area (Å²) in [6, 6.07) is 14.6. The fraction of sp³-hybridized carbons (Fsp3) is 0.190. The zero-order chi connectivity index (χ0) is 19.1. The third-order valence-electron chi connectivity index (χ3n) is 4.83. The molecule has 1 amide bonds. The van der Waals surface area contributed by atoms with Crippen LogP contribution in [0.25, 0.3) is 5.69 Å². The molecule has 1 atom stereocenters.